The molecule has 0 saturated carbocycles. The van der Waals surface area contributed by atoms with E-state index in [1.54, 1.807) is 19.1 Å². The van der Waals surface area contributed by atoms with Gasteiger partial charge in [0.25, 0.3) is 0 Å². The molecule has 2 rings (SSSR count). The van der Waals surface area contributed by atoms with Crippen molar-refractivity contribution >= 4 is 23.9 Å². The number of aryl methyl sites for hydroxylation is 1. The molecule has 0 bridgehead atoms. The maximum Gasteiger partial charge on any atom is 0.338 e. The zero-order chi connectivity index (χ0) is 17.5. The second-order valence-electron chi connectivity index (χ2n) is 5.43. The molecule has 1 heterocycles. The number of unbranched alkanes of at least 4 members (excludes halogenated alkanes) is 1. The lowest BCUT2D eigenvalue weighted by atomic mass is 10.1. The fourth-order valence-corrected chi connectivity index (χ4v) is 2.68. The van der Waals surface area contributed by atoms with E-state index in [0.29, 0.717) is 24.4 Å². The highest BCUT2D eigenvalue weighted by Crippen LogP contribution is 2.19. The third-order valence-electron chi connectivity index (χ3n) is 3.71. The van der Waals surface area contributed by atoms with Gasteiger partial charge in [0.05, 0.1) is 12.2 Å². The van der Waals surface area contributed by atoms with Gasteiger partial charge < -0.3 is 9.30 Å². The number of hydrogen-bond donors (Lipinski definition) is 0. The Bertz CT molecular complexity index is 708. The van der Waals surface area contributed by atoms with Crippen molar-refractivity contribution in [1.29, 1.82) is 0 Å². The number of imidazole rings is 1. The summed E-state index contributed by atoms with van der Waals surface area (Å²) in [7, 11) is 0. The summed E-state index contributed by atoms with van der Waals surface area (Å²) < 4.78 is 6.81. The largest absolute Gasteiger partial charge is 0.462 e. The Morgan fingerprint density at radius 1 is 1.29 bits per heavy atom. The minimum atomic E-state index is -0.341. The lowest BCUT2D eigenvalue weighted by Crippen LogP contribution is -2.09. The Hall–Kier alpha value is -2.14. The van der Waals surface area contributed by atoms with Gasteiger partial charge in [-0.15, -0.1) is 0 Å². The molecule has 0 atom stereocenters. The lowest BCUT2D eigenvalue weighted by Gasteiger charge is -2.10. The summed E-state index contributed by atoms with van der Waals surface area (Å²) in [4.78, 5) is 27.3. The van der Waals surface area contributed by atoms with Gasteiger partial charge in [-0.1, -0.05) is 37.1 Å². The van der Waals surface area contributed by atoms with E-state index in [-0.39, 0.29) is 11.1 Å². The Labute approximate surface area is 146 Å². The molecule has 24 heavy (non-hydrogen) atoms. The number of aromatic nitrogens is 2. The number of nitrogens with zero attached hydrogens (tertiary/aromatic N) is 2. The molecule has 6 heteroatoms. The molecule has 0 aliphatic heterocycles. The smallest absolute Gasteiger partial charge is 0.338 e. The fourth-order valence-electron chi connectivity index (χ4n) is 2.44. The van der Waals surface area contributed by atoms with Crippen molar-refractivity contribution in [3.8, 4) is 0 Å². The van der Waals surface area contributed by atoms with E-state index in [1.807, 2.05) is 16.7 Å². The summed E-state index contributed by atoms with van der Waals surface area (Å²) in [5.41, 5.74) is 1.85. The molecule has 0 spiro atoms. The van der Waals surface area contributed by atoms with E-state index in [1.165, 1.54) is 0 Å². The number of carbonyl (C=O) groups excluding carboxylic acids is 2. The third kappa shape index (κ3) is 4.23. The quantitative estimate of drug-likeness (QED) is 0.536. The molecule has 0 aliphatic carbocycles. The Morgan fingerprint density at radius 2 is 2.00 bits per heavy atom. The van der Waals surface area contributed by atoms with Crippen molar-refractivity contribution in [3.05, 3.63) is 52.1 Å². The zero-order valence-corrected chi connectivity index (χ0v) is 14.7. The highest BCUT2D eigenvalue weighted by molar-refractivity contribution is 6.31. The van der Waals surface area contributed by atoms with Gasteiger partial charge in [0.2, 0.25) is 0 Å². The van der Waals surface area contributed by atoms with Crippen LogP contribution in [0.3, 0.4) is 0 Å². The van der Waals surface area contributed by atoms with Gasteiger partial charge in [-0.2, -0.15) is 0 Å². The molecule has 0 aliphatic rings. The van der Waals surface area contributed by atoms with Crippen molar-refractivity contribution in [2.45, 2.75) is 39.7 Å². The van der Waals surface area contributed by atoms with Gasteiger partial charge in [-0.25, -0.2) is 9.78 Å². The summed E-state index contributed by atoms with van der Waals surface area (Å²) in [6.07, 6.45) is 3.52. The maximum atomic E-state index is 11.7. The number of aldehydes is 1. The van der Waals surface area contributed by atoms with Gasteiger partial charge in [0, 0.05) is 13.0 Å². The summed E-state index contributed by atoms with van der Waals surface area (Å²) >= 11 is 6.07. The molecule has 0 fully saturated rings. The van der Waals surface area contributed by atoms with Crippen molar-refractivity contribution < 1.29 is 14.3 Å². The van der Waals surface area contributed by atoms with Gasteiger partial charge >= 0.3 is 5.97 Å². The first-order valence-corrected chi connectivity index (χ1v) is 8.44. The number of ether oxygens (including phenoxy) is 1. The summed E-state index contributed by atoms with van der Waals surface area (Å²) in [6.45, 7) is 4.70. The van der Waals surface area contributed by atoms with Crippen molar-refractivity contribution in [1.82, 2.24) is 9.55 Å². The van der Waals surface area contributed by atoms with Crippen LogP contribution in [0, 0.1) is 0 Å². The Morgan fingerprint density at radius 3 is 2.58 bits per heavy atom. The highest BCUT2D eigenvalue weighted by Gasteiger charge is 2.15. The van der Waals surface area contributed by atoms with E-state index in [0.717, 1.165) is 36.9 Å². The van der Waals surface area contributed by atoms with Crippen LogP contribution in [-0.2, 0) is 17.7 Å². The molecule has 0 radical (unpaired) electrons. The van der Waals surface area contributed by atoms with E-state index in [4.69, 9.17) is 16.3 Å². The van der Waals surface area contributed by atoms with Crippen molar-refractivity contribution in [2.24, 2.45) is 0 Å². The number of rotatable bonds is 8. The van der Waals surface area contributed by atoms with Gasteiger partial charge in [0.1, 0.15) is 11.5 Å². The minimum absolute atomic E-state index is 0.235. The monoisotopic (exact) mass is 348 g/mol. The van der Waals surface area contributed by atoms with Crippen LogP contribution in [0.5, 0.6) is 0 Å². The number of carbonyl (C=O) groups is 2. The molecular weight excluding hydrogens is 328 g/mol. The van der Waals surface area contributed by atoms with Gasteiger partial charge in [-0.3, -0.25) is 4.79 Å². The molecule has 0 amide bonds. The number of hydrogen-bond acceptors (Lipinski definition) is 4. The van der Waals surface area contributed by atoms with Crippen molar-refractivity contribution in [2.75, 3.05) is 6.61 Å². The van der Waals surface area contributed by atoms with Gasteiger partial charge in [0.15, 0.2) is 11.4 Å². The van der Waals surface area contributed by atoms with Crippen LogP contribution in [0.2, 0.25) is 5.15 Å². The molecule has 0 saturated heterocycles. The normalized spacial score (nSPS) is 10.6. The van der Waals surface area contributed by atoms with Crippen LogP contribution >= 0.6 is 11.6 Å². The second-order valence-corrected chi connectivity index (χ2v) is 5.79. The number of halogens is 1. The lowest BCUT2D eigenvalue weighted by molar-refractivity contribution is 0.0526. The van der Waals surface area contributed by atoms with E-state index in [2.05, 4.69) is 11.9 Å². The summed E-state index contributed by atoms with van der Waals surface area (Å²) in [5.74, 6) is 0.463. The van der Waals surface area contributed by atoms with E-state index < -0.39 is 0 Å². The molecule has 0 unspecified atom stereocenters. The van der Waals surface area contributed by atoms with Crippen LogP contribution in [-0.4, -0.2) is 28.4 Å². The first-order valence-electron chi connectivity index (χ1n) is 8.06. The average molecular weight is 349 g/mol. The first kappa shape index (κ1) is 18.2. The fraction of sp³-hybridized carbons (Fsp3) is 0.389. The van der Waals surface area contributed by atoms with Crippen molar-refractivity contribution in [3.63, 3.8) is 0 Å². The average Bonchev–Trinajstić information content (AvgIpc) is 2.88. The zero-order valence-electron chi connectivity index (χ0n) is 13.9. The molecule has 0 N–H and O–H groups in total. The third-order valence-corrected chi connectivity index (χ3v) is 3.99. The van der Waals surface area contributed by atoms with Crippen LogP contribution in [0.4, 0.5) is 0 Å². The summed E-state index contributed by atoms with van der Waals surface area (Å²) in [6, 6.07) is 7.13. The predicted octanol–water partition coefficient (Wildman–Crippen LogP) is 3.92. The van der Waals surface area contributed by atoms with E-state index >= 15 is 0 Å². The van der Waals surface area contributed by atoms with Crippen LogP contribution in [0.15, 0.2) is 24.3 Å². The second kappa shape index (κ2) is 8.64. The van der Waals surface area contributed by atoms with Gasteiger partial charge in [-0.05, 0) is 31.0 Å². The number of benzene rings is 1. The molecular formula is C18H21ClN2O3. The highest BCUT2D eigenvalue weighted by atomic mass is 35.5. The summed E-state index contributed by atoms with van der Waals surface area (Å²) in [5, 5.41) is 0.235. The topological polar surface area (TPSA) is 61.2 Å². The number of esters is 1. The maximum absolute atomic E-state index is 11.7. The van der Waals surface area contributed by atoms with Crippen LogP contribution < -0.4 is 0 Å². The molecule has 128 valence electrons. The first-order chi connectivity index (χ1) is 11.6. The standard InChI is InChI=1S/C18H21ClN2O3/c1-3-5-6-16-20-17(19)15(12-22)21(16)11-13-7-9-14(10-8-13)18(23)24-4-2/h7-10,12H,3-6,11H2,1-2H3. The van der Waals surface area contributed by atoms with E-state index in [9.17, 15) is 9.59 Å². The SMILES string of the molecule is CCCCc1nc(Cl)c(C=O)n1Cc1ccc(C(=O)OCC)cc1. The minimum Gasteiger partial charge on any atom is -0.462 e. The molecule has 1 aromatic carbocycles. The molecule has 1 aromatic heterocycles. The van der Waals surface area contributed by atoms with Crippen LogP contribution in [0.1, 0.15) is 58.9 Å². The predicted molar refractivity (Wildman–Crippen MR) is 92.7 cm³/mol. The molecule has 5 nitrogen and oxygen atoms in total. The Kier molecular flexibility index (Phi) is 6.55. The Balaban J connectivity index is 2.23. The molecule has 2 aromatic rings. The van der Waals surface area contributed by atoms with Crippen LogP contribution in [0.25, 0.3) is 0 Å².